The first-order valence-electron chi connectivity index (χ1n) is 10.6. The van der Waals surface area contributed by atoms with Crippen molar-refractivity contribution in [1.29, 1.82) is 0 Å². The van der Waals surface area contributed by atoms with Gasteiger partial charge in [0.05, 0.1) is 0 Å². The second kappa shape index (κ2) is 9.16. The lowest BCUT2D eigenvalue weighted by Gasteiger charge is -2.09. The monoisotopic (exact) mass is 429 g/mol. The average molecular weight is 429 g/mol. The highest BCUT2D eigenvalue weighted by Gasteiger charge is 2.19. The number of rotatable bonds is 5. The van der Waals surface area contributed by atoms with Crippen LogP contribution in [-0.2, 0) is 0 Å². The second-order valence-electron chi connectivity index (χ2n) is 7.60. The van der Waals surface area contributed by atoms with Crippen molar-refractivity contribution >= 4 is 12.8 Å². The molecule has 0 fully saturated rings. The van der Waals surface area contributed by atoms with Crippen LogP contribution in [0.5, 0.6) is 0 Å². The fourth-order valence-electron chi connectivity index (χ4n) is 3.65. The summed E-state index contributed by atoms with van der Waals surface area (Å²) in [5.74, 6) is 0.768. The van der Waals surface area contributed by atoms with E-state index in [0.29, 0.717) is 11.6 Å². The average Bonchev–Trinajstić information content (AvgIpc) is 2.89. The Balaban J connectivity index is 1.50. The van der Waals surface area contributed by atoms with Gasteiger partial charge in [-0.1, -0.05) is 109 Å². The third kappa shape index (κ3) is 4.57. The number of hydrogen-bond donors (Lipinski definition) is 2. The highest BCUT2D eigenvalue weighted by molar-refractivity contribution is 6.56. The van der Waals surface area contributed by atoms with E-state index in [0.717, 1.165) is 33.4 Å². The van der Waals surface area contributed by atoms with E-state index in [1.165, 1.54) is 0 Å². The van der Waals surface area contributed by atoms with Crippen molar-refractivity contribution in [3.05, 3.63) is 109 Å². The topological polar surface area (TPSA) is 79.1 Å². The molecule has 0 bridgehead atoms. The molecular weight excluding hydrogens is 409 g/mol. The van der Waals surface area contributed by atoms with Crippen molar-refractivity contribution in [2.75, 3.05) is 0 Å². The lowest BCUT2D eigenvalue weighted by Crippen LogP contribution is -2.36. The van der Waals surface area contributed by atoms with Gasteiger partial charge in [-0.15, -0.1) is 0 Å². The van der Waals surface area contributed by atoms with E-state index in [1.807, 2.05) is 84.9 Å². The van der Waals surface area contributed by atoms with Crippen LogP contribution < -0.4 is 5.72 Å². The number of nitrogens with zero attached hydrogens (tertiary/aromatic N) is 3. The van der Waals surface area contributed by atoms with Crippen LogP contribution in [0.25, 0.3) is 45.0 Å². The molecule has 5 rings (SSSR count). The van der Waals surface area contributed by atoms with Crippen molar-refractivity contribution < 1.29 is 10.0 Å². The summed E-state index contributed by atoms with van der Waals surface area (Å²) >= 11 is 0. The summed E-state index contributed by atoms with van der Waals surface area (Å²) in [7, 11) is -1.79. The van der Waals surface area contributed by atoms with Crippen LogP contribution in [0, 0.1) is 0 Å². The normalized spacial score (nSPS) is 10.7. The minimum absolute atomic E-state index is 0.0886. The Morgan fingerprint density at radius 2 is 0.727 bits per heavy atom. The lowest BCUT2D eigenvalue weighted by atomic mass is 9.90. The smallest absolute Gasteiger partial charge is 0.421 e. The van der Waals surface area contributed by atoms with E-state index in [9.17, 15) is 10.0 Å². The Kier molecular flexibility index (Phi) is 5.76. The van der Waals surface area contributed by atoms with Gasteiger partial charge in [0.2, 0.25) is 0 Å². The molecule has 1 aromatic heterocycles. The highest BCUT2D eigenvalue weighted by Crippen LogP contribution is 2.25. The van der Waals surface area contributed by atoms with Crippen LogP contribution in [0.4, 0.5) is 0 Å². The van der Waals surface area contributed by atoms with Gasteiger partial charge < -0.3 is 10.0 Å². The molecule has 0 radical (unpaired) electrons. The summed E-state index contributed by atoms with van der Waals surface area (Å²) in [5, 5.41) is 19.5. The van der Waals surface area contributed by atoms with Gasteiger partial charge in [0.1, 0.15) is 0 Å². The minimum Gasteiger partial charge on any atom is -0.421 e. The molecular formula is C27H20BN3O2. The van der Waals surface area contributed by atoms with Gasteiger partial charge in [-0.05, 0) is 22.3 Å². The summed E-state index contributed by atoms with van der Waals surface area (Å²) in [4.78, 5) is 13.2. The molecule has 158 valence electrons. The number of aromatic nitrogens is 3. The molecule has 0 saturated carbocycles. The molecule has 33 heavy (non-hydrogen) atoms. The molecule has 2 N–H and O–H groups in total. The van der Waals surface area contributed by atoms with Gasteiger partial charge in [0.25, 0.3) is 0 Å². The molecule has 6 heteroatoms. The molecule has 0 spiro atoms. The van der Waals surface area contributed by atoms with Crippen molar-refractivity contribution in [2.45, 2.75) is 0 Å². The zero-order valence-electron chi connectivity index (χ0n) is 17.7. The fourth-order valence-corrected chi connectivity index (χ4v) is 3.65. The molecule has 4 aromatic carbocycles. The third-order valence-electron chi connectivity index (χ3n) is 5.38. The molecule has 5 nitrogen and oxygen atoms in total. The standard InChI is InChI=1S/C27H20BN3O2/c32-28(33)27-30-25(23-15-11-21(12-16-23)19-7-3-1-4-8-19)29-26(31-27)24-17-13-22(14-18-24)20-9-5-2-6-10-20/h1-18,32-33H. The third-order valence-corrected chi connectivity index (χ3v) is 5.38. The highest BCUT2D eigenvalue weighted by atomic mass is 16.4. The predicted octanol–water partition coefficient (Wildman–Crippen LogP) is 4.22. The summed E-state index contributed by atoms with van der Waals surface area (Å²) in [6, 6.07) is 35.9. The Hall–Kier alpha value is -4.13. The maximum Gasteiger partial charge on any atom is 0.528 e. The van der Waals surface area contributed by atoms with E-state index in [4.69, 9.17) is 0 Å². The molecule has 0 unspecified atom stereocenters. The molecule has 5 aromatic rings. The van der Waals surface area contributed by atoms with Crippen LogP contribution in [0.1, 0.15) is 0 Å². The second-order valence-corrected chi connectivity index (χ2v) is 7.60. The first-order valence-corrected chi connectivity index (χ1v) is 10.6. The van der Waals surface area contributed by atoms with Crippen molar-refractivity contribution in [1.82, 2.24) is 15.0 Å². The van der Waals surface area contributed by atoms with Gasteiger partial charge in [-0.3, -0.25) is 0 Å². The molecule has 0 atom stereocenters. The zero-order valence-corrected chi connectivity index (χ0v) is 17.7. The molecule has 0 aliphatic rings. The number of benzene rings is 4. The van der Waals surface area contributed by atoms with Crippen LogP contribution in [0.2, 0.25) is 0 Å². The Labute approximate surface area is 192 Å². The predicted molar refractivity (Wildman–Crippen MR) is 131 cm³/mol. The fraction of sp³-hybridized carbons (Fsp3) is 0. The van der Waals surface area contributed by atoms with Crippen LogP contribution in [-0.4, -0.2) is 32.1 Å². The van der Waals surface area contributed by atoms with E-state index < -0.39 is 7.12 Å². The van der Waals surface area contributed by atoms with Gasteiger partial charge in [-0.25, -0.2) is 15.0 Å². The molecule has 0 amide bonds. The number of hydrogen-bond acceptors (Lipinski definition) is 5. The lowest BCUT2D eigenvalue weighted by molar-refractivity contribution is 0.422. The zero-order chi connectivity index (χ0) is 22.6. The van der Waals surface area contributed by atoms with Gasteiger partial charge in [-0.2, -0.15) is 0 Å². The van der Waals surface area contributed by atoms with Crippen LogP contribution in [0.3, 0.4) is 0 Å². The SMILES string of the molecule is OB(O)c1nc(-c2ccc(-c3ccccc3)cc2)nc(-c2ccc(-c3ccccc3)cc2)n1. The van der Waals surface area contributed by atoms with Crippen LogP contribution in [0.15, 0.2) is 109 Å². The van der Waals surface area contributed by atoms with Gasteiger partial charge in [0.15, 0.2) is 17.4 Å². The van der Waals surface area contributed by atoms with E-state index in [1.54, 1.807) is 0 Å². The summed E-state index contributed by atoms with van der Waals surface area (Å²) in [6.07, 6.45) is 0. The van der Waals surface area contributed by atoms with Crippen molar-refractivity contribution in [3.63, 3.8) is 0 Å². The molecule has 0 aliphatic carbocycles. The Bertz CT molecular complexity index is 1260. The van der Waals surface area contributed by atoms with E-state index in [2.05, 4.69) is 39.2 Å². The largest absolute Gasteiger partial charge is 0.528 e. The first-order chi connectivity index (χ1) is 16.2. The molecule has 0 saturated heterocycles. The van der Waals surface area contributed by atoms with Crippen molar-refractivity contribution in [2.24, 2.45) is 0 Å². The maximum absolute atomic E-state index is 9.75. The van der Waals surface area contributed by atoms with Crippen LogP contribution >= 0.6 is 0 Å². The van der Waals surface area contributed by atoms with Gasteiger partial charge >= 0.3 is 7.12 Å². The first kappa shape index (κ1) is 20.8. The van der Waals surface area contributed by atoms with E-state index >= 15 is 0 Å². The van der Waals surface area contributed by atoms with Gasteiger partial charge in [0, 0.05) is 11.1 Å². The summed E-state index contributed by atoms with van der Waals surface area (Å²) in [5.41, 5.74) is 5.83. The summed E-state index contributed by atoms with van der Waals surface area (Å²) < 4.78 is 0. The summed E-state index contributed by atoms with van der Waals surface area (Å²) in [6.45, 7) is 0. The van der Waals surface area contributed by atoms with Crippen molar-refractivity contribution in [3.8, 4) is 45.0 Å². The molecule has 0 aliphatic heterocycles. The minimum atomic E-state index is -1.79. The quantitative estimate of drug-likeness (QED) is 0.409. The molecule has 1 heterocycles. The van der Waals surface area contributed by atoms with E-state index in [-0.39, 0.29) is 5.72 Å². The maximum atomic E-state index is 9.75. The Morgan fingerprint density at radius 1 is 0.394 bits per heavy atom. The Morgan fingerprint density at radius 3 is 1.09 bits per heavy atom.